The number of anilines is 1. The van der Waals surface area contributed by atoms with E-state index in [1.807, 2.05) is 4.90 Å². The molecular weight excluding hydrogens is 321 g/mol. The van der Waals surface area contributed by atoms with Gasteiger partial charge in [0.25, 0.3) is 5.69 Å². The summed E-state index contributed by atoms with van der Waals surface area (Å²) in [6.07, 6.45) is 4.42. The van der Waals surface area contributed by atoms with Gasteiger partial charge >= 0.3 is 0 Å². The molecule has 7 heteroatoms. The Morgan fingerprint density at radius 2 is 1.74 bits per heavy atom. The molecule has 23 heavy (non-hydrogen) atoms. The summed E-state index contributed by atoms with van der Waals surface area (Å²) in [6.45, 7) is 3.73. The number of benzene rings is 1. The Labute approximate surface area is 140 Å². The van der Waals surface area contributed by atoms with Crippen LogP contribution in [0, 0.1) is 21.3 Å². The third-order valence-corrected chi connectivity index (χ3v) is 5.69. The number of rotatable bonds is 2. The highest BCUT2D eigenvalue weighted by Gasteiger charge is 2.37. The maximum Gasteiger partial charge on any atom is 0.274 e. The van der Waals surface area contributed by atoms with E-state index in [0.29, 0.717) is 11.1 Å². The topological polar surface area (TPSA) is 49.6 Å². The van der Waals surface area contributed by atoms with Gasteiger partial charge in [0, 0.05) is 19.2 Å². The van der Waals surface area contributed by atoms with Gasteiger partial charge in [-0.3, -0.25) is 10.1 Å². The SMILES string of the molecule is CN1CCC2(CC1)CCN(c1c(F)cc([N+](=O)[O-])cc1Cl)CC2. The van der Waals surface area contributed by atoms with Crippen LogP contribution >= 0.6 is 11.6 Å². The second-order valence-corrected chi connectivity index (χ2v) is 7.21. The molecule has 0 saturated carbocycles. The number of halogens is 2. The van der Waals surface area contributed by atoms with Crippen LogP contribution in [-0.2, 0) is 0 Å². The lowest BCUT2D eigenvalue weighted by Crippen LogP contribution is -2.46. The van der Waals surface area contributed by atoms with Gasteiger partial charge in [0.2, 0.25) is 0 Å². The number of hydrogen-bond donors (Lipinski definition) is 0. The molecular formula is C16H21ClFN3O2. The molecule has 0 aliphatic carbocycles. The van der Waals surface area contributed by atoms with Gasteiger partial charge < -0.3 is 9.80 Å². The fraction of sp³-hybridized carbons (Fsp3) is 0.625. The predicted octanol–water partition coefficient (Wildman–Crippen LogP) is 3.70. The molecule has 126 valence electrons. The summed E-state index contributed by atoms with van der Waals surface area (Å²) in [6, 6.07) is 2.20. The van der Waals surface area contributed by atoms with E-state index in [1.54, 1.807) is 0 Å². The van der Waals surface area contributed by atoms with Gasteiger partial charge in [0.1, 0.15) is 0 Å². The van der Waals surface area contributed by atoms with Crippen LogP contribution in [0.2, 0.25) is 5.02 Å². The van der Waals surface area contributed by atoms with Crippen LogP contribution in [0.5, 0.6) is 0 Å². The molecule has 2 heterocycles. The summed E-state index contributed by atoms with van der Waals surface area (Å²) in [5.74, 6) is -0.608. The average Bonchev–Trinajstić information content (AvgIpc) is 2.51. The molecule has 0 atom stereocenters. The second-order valence-electron chi connectivity index (χ2n) is 6.81. The summed E-state index contributed by atoms with van der Waals surface area (Å²) < 4.78 is 14.3. The summed E-state index contributed by atoms with van der Waals surface area (Å²) in [4.78, 5) is 14.4. The number of nitro benzene ring substituents is 1. The van der Waals surface area contributed by atoms with E-state index in [1.165, 1.54) is 18.9 Å². The first-order valence-corrected chi connectivity index (χ1v) is 8.35. The molecule has 2 saturated heterocycles. The molecule has 1 spiro atoms. The molecule has 0 N–H and O–H groups in total. The van der Waals surface area contributed by atoms with Gasteiger partial charge in [-0.1, -0.05) is 11.6 Å². The minimum absolute atomic E-state index is 0.121. The molecule has 2 fully saturated rings. The van der Waals surface area contributed by atoms with E-state index in [4.69, 9.17) is 11.6 Å². The minimum atomic E-state index is -0.623. The number of nitro groups is 1. The average molecular weight is 342 g/mol. The van der Waals surface area contributed by atoms with Gasteiger partial charge in [-0.05, 0) is 51.2 Å². The van der Waals surface area contributed by atoms with Crippen LogP contribution in [0.1, 0.15) is 25.7 Å². The first kappa shape index (κ1) is 16.5. The normalized spacial score (nSPS) is 21.6. The lowest BCUT2D eigenvalue weighted by atomic mass is 9.71. The number of nitrogens with zero attached hydrogens (tertiary/aromatic N) is 3. The van der Waals surface area contributed by atoms with E-state index >= 15 is 0 Å². The van der Waals surface area contributed by atoms with Crippen molar-refractivity contribution in [2.45, 2.75) is 25.7 Å². The van der Waals surface area contributed by atoms with Crippen molar-refractivity contribution in [2.75, 3.05) is 38.1 Å². The molecule has 0 amide bonds. The molecule has 0 bridgehead atoms. The summed E-state index contributed by atoms with van der Waals surface area (Å²) >= 11 is 6.12. The van der Waals surface area contributed by atoms with E-state index in [9.17, 15) is 14.5 Å². The molecule has 0 unspecified atom stereocenters. The first-order valence-electron chi connectivity index (χ1n) is 7.97. The lowest BCUT2D eigenvalue weighted by Gasteiger charge is -2.47. The molecule has 3 rings (SSSR count). The standard InChI is InChI=1S/C16H21ClFN3O2/c1-19-6-2-16(3-7-19)4-8-20(9-5-16)15-13(17)10-12(21(22)23)11-14(15)18/h10-11H,2-9H2,1H3. The Balaban J connectivity index is 1.74. The van der Waals surface area contributed by atoms with Crippen LogP contribution < -0.4 is 4.90 Å². The fourth-order valence-electron chi connectivity index (χ4n) is 3.76. The molecule has 0 aromatic heterocycles. The molecule has 5 nitrogen and oxygen atoms in total. The largest absolute Gasteiger partial charge is 0.368 e. The highest BCUT2D eigenvalue weighted by atomic mass is 35.5. The van der Waals surface area contributed by atoms with Crippen molar-refractivity contribution in [3.05, 3.63) is 33.1 Å². The maximum atomic E-state index is 14.3. The number of hydrogen-bond acceptors (Lipinski definition) is 4. The molecule has 2 aliphatic rings. The van der Waals surface area contributed by atoms with E-state index < -0.39 is 10.7 Å². The number of piperidine rings is 2. The highest BCUT2D eigenvalue weighted by Crippen LogP contribution is 2.43. The number of likely N-dealkylation sites (tertiary alicyclic amines) is 1. The zero-order chi connectivity index (χ0) is 16.6. The van der Waals surface area contributed by atoms with Crippen molar-refractivity contribution in [3.8, 4) is 0 Å². The van der Waals surface area contributed by atoms with Crippen LogP contribution in [0.4, 0.5) is 15.8 Å². The Bertz CT molecular complexity index is 584. The predicted molar refractivity (Wildman–Crippen MR) is 88.7 cm³/mol. The zero-order valence-electron chi connectivity index (χ0n) is 13.2. The van der Waals surface area contributed by atoms with E-state index in [-0.39, 0.29) is 10.7 Å². The maximum absolute atomic E-state index is 14.3. The van der Waals surface area contributed by atoms with E-state index in [0.717, 1.165) is 45.1 Å². The molecule has 1 aromatic rings. The summed E-state index contributed by atoms with van der Waals surface area (Å²) in [5, 5.41) is 10.9. The molecule has 2 aliphatic heterocycles. The zero-order valence-corrected chi connectivity index (χ0v) is 14.0. The third-order valence-electron chi connectivity index (χ3n) is 5.40. The Hall–Kier alpha value is -1.40. The van der Waals surface area contributed by atoms with Gasteiger partial charge in [0.05, 0.1) is 21.7 Å². The Morgan fingerprint density at radius 3 is 2.26 bits per heavy atom. The van der Waals surface area contributed by atoms with Crippen molar-refractivity contribution >= 4 is 23.0 Å². The van der Waals surface area contributed by atoms with Crippen LogP contribution in [-0.4, -0.2) is 43.0 Å². The van der Waals surface area contributed by atoms with Crippen molar-refractivity contribution in [1.29, 1.82) is 0 Å². The first-order chi connectivity index (χ1) is 10.9. The lowest BCUT2D eigenvalue weighted by molar-refractivity contribution is -0.385. The highest BCUT2D eigenvalue weighted by molar-refractivity contribution is 6.33. The Kier molecular flexibility index (Phi) is 4.47. The van der Waals surface area contributed by atoms with Crippen molar-refractivity contribution in [3.63, 3.8) is 0 Å². The van der Waals surface area contributed by atoms with Crippen molar-refractivity contribution in [2.24, 2.45) is 5.41 Å². The third kappa shape index (κ3) is 3.28. The van der Waals surface area contributed by atoms with Gasteiger partial charge in [0.15, 0.2) is 5.82 Å². The van der Waals surface area contributed by atoms with Gasteiger partial charge in [-0.2, -0.15) is 0 Å². The summed E-state index contributed by atoms with van der Waals surface area (Å²) in [5.41, 5.74) is 0.368. The number of non-ortho nitro benzene ring substituents is 1. The van der Waals surface area contributed by atoms with Gasteiger partial charge in [-0.25, -0.2) is 4.39 Å². The quantitative estimate of drug-likeness (QED) is 0.608. The fourth-order valence-corrected chi connectivity index (χ4v) is 4.08. The van der Waals surface area contributed by atoms with Crippen molar-refractivity contribution in [1.82, 2.24) is 4.90 Å². The molecule has 1 aromatic carbocycles. The van der Waals surface area contributed by atoms with Crippen LogP contribution in [0.3, 0.4) is 0 Å². The molecule has 0 radical (unpaired) electrons. The Morgan fingerprint density at radius 1 is 1.17 bits per heavy atom. The van der Waals surface area contributed by atoms with Crippen LogP contribution in [0.25, 0.3) is 0 Å². The van der Waals surface area contributed by atoms with Crippen LogP contribution in [0.15, 0.2) is 12.1 Å². The van der Waals surface area contributed by atoms with Gasteiger partial charge in [-0.15, -0.1) is 0 Å². The smallest absolute Gasteiger partial charge is 0.274 e. The van der Waals surface area contributed by atoms with E-state index in [2.05, 4.69) is 11.9 Å². The minimum Gasteiger partial charge on any atom is -0.368 e. The monoisotopic (exact) mass is 341 g/mol. The second kappa shape index (κ2) is 6.24. The van der Waals surface area contributed by atoms with Crippen molar-refractivity contribution < 1.29 is 9.31 Å². The summed E-state index contributed by atoms with van der Waals surface area (Å²) in [7, 11) is 2.15.